The Bertz CT molecular complexity index is 709. The molecule has 1 unspecified atom stereocenters. The van der Waals surface area contributed by atoms with Crippen molar-refractivity contribution in [3.8, 4) is 11.1 Å². The van der Waals surface area contributed by atoms with Crippen molar-refractivity contribution in [1.82, 2.24) is 0 Å². The number of benzene rings is 2. The van der Waals surface area contributed by atoms with E-state index in [4.69, 9.17) is 4.74 Å². The summed E-state index contributed by atoms with van der Waals surface area (Å²) in [4.78, 5) is 23.1. The molecule has 2 rings (SSSR count). The molecular weight excluding hydrogens is 300 g/mol. The van der Waals surface area contributed by atoms with Crippen molar-refractivity contribution in [2.45, 2.75) is 45.6 Å². The van der Waals surface area contributed by atoms with Crippen molar-refractivity contribution in [2.24, 2.45) is 0 Å². The Morgan fingerprint density at radius 2 is 1.71 bits per heavy atom. The second-order valence-corrected chi connectivity index (χ2v) is 6.97. The number of hydrogen-bond donors (Lipinski definition) is 0. The minimum Gasteiger partial charge on any atom is -0.456 e. The first-order valence-electron chi connectivity index (χ1n) is 8.18. The van der Waals surface area contributed by atoms with Crippen LogP contribution in [-0.4, -0.2) is 17.9 Å². The molecule has 24 heavy (non-hydrogen) atoms. The lowest BCUT2D eigenvalue weighted by Gasteiger charge is -2.20. The van der Waals surface area contributed by atoms with Gasteiger partial charge in [-0.05, 0) is 49.4 Å². The number of ether oxygens (including phenoxy) is 1. The van der Waals surface area contributed by atoms with Crippen LogP contribution in [0.25, 0.3) is 11.1 Å². The van der Waals surface area contributed by atoms with Crippen LogP contribution in [0.15, 0.2) is 48.5 Å². The molecule has 1 atom stereocenters. The summed E-state index contributed by atoms with van der Waals surface area (Å²) in [6, 6.07) is 15.4. The Kier molecular flexibility index (Phi) is 5.55. The topological polar surface area (TPSA) is 43.4 Å². The van der Waals surface area contributed by atoms with Gasteiger partial charge >= 0.3 is 5.97 Å². The van der Waals surface area contributed by atoms with Crippen molar-refractivity contribution < 1.29 is 14.3 Å². The van der Waals surface area contributed by atoms with Gasteiger partial charge in [-0.25, -0.2) is 4.79 Å². The van der Waals surface area contributed by atoms with Crippen LogP contribution in [0.4, 0.5) is 0 Å². The summed E-state index contributed by atoms with van der Waals surface area (Å²) in [6.07, 6.45) is 1.45. The van der Waals surface area contributed by atoms with E-state index in [0.29, 0.717) is 12.0 Å². The number of carbonyl (C=O) groups excluding carboxylic acids is 2. The van der Waals surface area contributed by atoms with Gasteiger partial charge in [0, 0.05) is 6.42 Å². The number of carbonyl (C=O) groups is 2. The molecule has 0 saturated heterocycles. The van der Waals surface area contributed by atoms with E-state index in [1.165, 1.54) is 0 Å². The lowest BCUT2D eigenvalue weighted by molar-refractivity contribution is -0.108. The van der Waals surface area contributed by atoms with Crippen LogP contribution >= 0.6 is 0 Å². The molecule has 0 aliphatic heterocycles. The maximum absolute atomic E-state index is 12.5. The molecule has 0 amide bonds. The Morgan fingerprint density at radius 1 is 1.08 bits per heavy atom. The van der Waals surface area contributed by atoms with E-state index in [1.54, 1.807) is 6.07 Å². The van der Waals surface area contributed by atoms with E-state index >= 15 is 0 Å². The Labute approximate surface area is 143 Å². The Morgan fingerprint density at radius 3 is 2.29 bits per heavy atom. The summed E-state index contributed by atoms with van der Waals surface area (Å²) < 4.78 is 5.50. The summed E-state index contributed by atoms with van der Waals surface area (Å²) in [7, 11) is 0. The fraction of sp³-hybridized carbons (Fsp3) is 0.333. The van der Waals surface area contributed by atoms with Gasteiger partial charge in [0.25, 0.3) is 0 Å². The van der Waals surface area contributed by atoms with Gasteiger partial charge in [0.2, 0.25) is 0 Å². The van der Waals surface area contributed by atoms with E-state index in [9.17, 15) is 9.59 Å². The highest BCUT2D eigenvalue weighted by atomic mass is 16.6. The zero-order valence-corrected chi connectivity index (χ0v) is 14.7. The van der Waals surface area contributed by atoms with Gasteiger partial charge < -0.3 is 9.53 Å². The standard InChI is InChI=1S/C21H24O3/c1-15(13-14-22)16-9-11-17(12-10-16)18-7-5-6-8-19(18)20(23)24-21(2,3)4/h5-12,14-15H,13H2,1-4H3. The van der Waals surface area contributed by atoms with Crippen LogP contribution in [-0.2, 0) is 9.53 Å². The molecule has 0 aliphatic carbocycles. The van der Waals surface area contributed by atoms with Crippen LogP contribution in [0.5, 0.6) is 0 Å². The predicted octanol–water partition coefficient (Wildman–Crippen LogP) is 5.00. The molecule has 2 aromatic carbocycles. The lowest BCUT2D eigenvalue weighted by Crippen LogP contribution is -2.24. The third-order valence-electron chi connectivity index (χ3n) is 3.79. The third-order valence-corrected chi connectivity index (χ3v) is 3.79. The average molecular weight is 324 g/mol. The SMILES string of the molecule is CC(CC=O)c1ccc(-c2ccccc2C(=O)OC(C)(C)C)cc1. The minimum absolute atomic E-state index is 0.192. The Balaban J connectivity index is 2.32. The smallest absolute Gasteiger partial charge is 0.339 e. The summed E-state index contributed by atoms with van der Waals surface area (Å²) in [5, 5.41) is 0. The van der Waals surface area contributed by atoms with Gasteiger partial charge in [-0.15, -0.1) is 0 Å². The number of esters is 1. The molecule has 3 nitrogen and oxygen atoms in total. The van der Waals surface area contributed by atoms with Crippen LogP contribution in [0.1, 0.15) is 56.0 Å². The van der Waals surface area contributed by atoms with Gasteiger partial charge in [0.05, 0.1) is 5.56 Å². The first-order valence-corrected chi connectivity index (χ1v) is 8.18. The summed E-state index contributed by atoms with van der Waals surface area (Å²) in [6.45, 7) is 7.60. The van der Waals surface area contributed by atoms with Gasteiger partial charge in [0.15, 0.2) is 0 Å². The summed E-state index contributed by atoms with van der Waals surface area (Å²) in [5.74, 6) is -0.130. The lowest BCUT2D eigenvalue weighted by atomic mass is 9.94. The van der Waals surface area contributed by atoms with Gasteiger partial charge in [0.1, 0.15) is 11.9 Å². The van der Waals surface area contributed by atoms with Gasteiger partial charge in [-0.2, -0.15) is 0 Å². The largest absolute Gasteiger partial charge is 0.456 e. The molecule has 3 heteroatoms. The number of hydrogen-bond acceptors (Lipinski definition) is 3. The molecule has 0 bridgehead atoms. The van der Waals surface area contributed by atoms with Crippen molar-refractivity contribution in [3.05, 3.63) is 59.7 Å². The van der Waals surface area contributed by atoms with Crippen LogP contribution in [0.2, 0.25) is 0 Å². The fourth-order valence-electron chi connectivity index (χ4n) is 2.52. The van der Waals surface area contributed by atoms with Crippen molar-refractivity contribution in [3.63, 3.8) is 0 Å². The first-order chi connectivity index (χ1) is 11.3. The van der Waals surface area contributed by atoms with Crippen molar-refractivity contribution in [1.29, 1.82) is 0 Å². The quantitative estimate of drug-likeness (QED) is 0.574. The molecule has 0 fully saturated rings. The molecule has 0 aromatic heterocycles. The van der Waals surface area contributed by atoms with Crippen LogP contribution in [0, 0.1) is 0 Å². The number of aldehydes is 1. The molecule has 0 radical (unpaired) electrons. The molecule has 0 heterocycles. The molecule has 0 spiro atoms. The molecule has 2 aromatic rings. The van der Waals surface area contributed by atoms with Crippen molar-refractivity contribution in [2.75, 3.05) is 0 Å². The average Bonchev–Trinajstić information content (AvgIpc) is 2.53. The highest BCUT2D eigenvalue weighted by Crippen LogP contribution is 2.28. The first kappa shape index (κ1) is 17.9. The second kappa shape index (κ2) is 7.43. The molecule has 0 saturated carbocycles. The number of rotatable bonds is 5. The highest BCUT2D eigenvalue weighted by Gasteiger charge is 2.20. The van der Waals surface area contributed by atoms with Crippen LogP contribution in [0.3, 0.4) is 0 Å². The second-order valence-electron chi connectivity index (χ2n) is 6.97. The predicted molar refractivity (Wildman–Crippen MR) is 96.1 cm³/mol. The maximum atomic E-state index is 12.5. The van der Waals surface area contributed by atoms with E-state index in [1.807, 2.05) is 70.2 Å². The van der Waals surface area contributed by atoms with Gasteiger partial charge in [-0.3, -0.25) is 0 Å². The van der Waals surface area contributed by atoms with Crippen LogP contribution < -0.4 is 0 Å². The zero-order chi connectivity index (χ0) is 17.7. The van der Waals surface area contributed by atoms with Gasteiger partial charge in [-0.1, -0.05) is 49.4 Å². The fourth-order valence-corrected chi connectivity index (χ4v) is 2.52. The molecular formula is C21H24O3. The monoisotopic (exact) mass is 324 g/mol. The normalized spacial score (nSPS) is 12.5. The molecule has 126 valence electrons. The maximum Gasteiger partial charge on any atom is 0.339 e. The Hall–Kier alpha value is -2.42. The van der Waals surface area contributed by atoms with Crippen molar-refractivity contribution >= 4 is 12.3 Å². The minimum atomic E-state index is -0.529. The third kappa shape index (κ3) is 4.54. The van der Waals surface area contributed by atoms with E-state index in [-0.39, 0.29) is 11.9 Å². The zero-order valence-electron chi connectivity index (χ0n) is 14.7. The molecule has 0 N–H and O–H groups in total. The van der Waals surface area contributed by atoms with E-state index in [2.05, 4.69) is 0 Å². The highest BCUT2D eigenvalue weighted by molar-refractivity contribution is 5.97. The van der Waals surface area contributed by atoms with E-state index in [0.717, 1.165) is 23.0 Å². The molecule has 0 aliphatic rings. The summed E-state index contributed by atoms with van der Waals surface area (Å²) >= 11 is 0. The van der Waals surface area contributed by atoms with E-state index < -0.39 is 5.60 Å². The summed E-state index contributed by atoms with van der Waals surface area (Å²) in [5.41, 5.74) is 2.94.